The minimum atomic E-state index is -0.575. The Kier molecular flexibility index (Phi) is 5.14. The normalized spacial score (nSPS) is 12.0. The number of para-hydroxylation sites is 2. The molecule has 0 spiro atoms. The van der Waals surface area contributed by atoms with Gasteiger partial charge < -0.3 is 10.1 Å². The fraction of sp³-hybridized carbons (Fsp3) is 0.294. The van der Waals surface area contributed by atoms with Gasteiger partial charge in [0.2, 0.25) is 0 Å². The number of ether oxygens (including phenoxy) is 1. The van der Waals surface area contributed by atoms with Crippen LogP contribution in [0.4, 0.5) is 14.5 Å². The van der Waals surface area contributed by atoms with Crippen molar-refractivity contribution in [3.63, 3.8) is 0 Å². The second-order valence-corrected chi connectivity index (χ2v) is 4.91. The molecule has 0 fully saturated rings. The van der Waals surface area contributed by atoms with Gasteiger partial charge in [0.25, 0.3) is 0 Å². The predicted octanol–water partition coefficient (Wildman–Crippen LogP) is 4.93. The molecular weight excluding hydrogens is 272 g/mol. The van der Waals surface area contributed by atoms with Gasteiger partial charge in [0.1, 0.15) is 17.4 Å². The third kappa shape index (κ3) is 4.18. The molecule has 0 saturated carbocycles. The quantitative estimate of drug-likeness (QED) is 0.815. The molecule has 2 rings (SSSR count). The maximum Gasteiger partial charge on any atom is 0.142 e. The summed E-state index contributed by atoms with van der Waals surface area (Å²) in [6, 6.07) is 10.8. The average Bonchev–Trinajstić information content (AvgIpc) is 2.45. The highest BCUT2D eigenvalue weighted by molar-refractivity contribution is 5.57. The lowest BCUT2D eigenvalue weighted by Gasteiger charge is -2.18. The number of anilines is 1. The summed E-state index contributed by atoms with van der Waals surface area (Å²) >= 11 is 0. The molecule has 0 aliphatic rings. The molecule has 1 atom stereocenters. The molecule has 0 saturated heterocycles. The molecule has 1 N–H and O–H groups in total. The Morgan fingerprint density at radius 3 is 2.43 bits per heavy atom. The molecule has 21 heavy (non-hydrogen) atoms. The minimum Gasteiger partial charge on any atom is -0.491 e. The molecule has 1 unspecified atom stereocenters. The monoisotopic (exact) mass is 291 g/mol. The molecular formula is C17H19F2NO. The smallest absolute Gasteiger partial charge is 0.142 e. The summed E-state index contributed by atoms with van der Waals surface area (Å²) in [7, 11) is 0. The van der Waals surface area contributed by atoms with E-state index in [0.29, 0.717) is 12.2 Å². The van der Waals surface area contributed by atoms with Crippen LogP contribution in [-0.2, 0) is 0 Å². The van der Waals surface area contributed by atoms with Crippen LogP contribution in [0.5, 0.6) is 5.75 Å². The molecule has 0 aliphatic heterocycles. The maximum absolute atomic E-state index is 13.3. The van der Waals surface area contributed by atoms with E-state index < -0.39 is 11.6 Å². The molecule has 0 aromatic heterocycles. The molecule has 112 valence electrons. The van der Waals surface area contributed by atoms with Crippen LogP contribution in [0, 0.1) is 11.6 Å². The van der Waals surface area contributed by atoms with Crippen molar-refractivity contribution >= 4 is 5.69 Å². The lowest BCUT2D eigenvalue weighted by Crippen LogP contribution is -2.09. The van der Waals surface area contributed by atoms with E-state index in [0.717, 1.165) is 23.9 Å². The van der Waals surface area contributed by atoms with E-state index in [9.17, 15) is 8.78 Å². The van der Waals surface area contributed by atoms with Crippen molar-refractivity contribution in [1.29, 1.82) is 0 Å². The Labute approximate surface area is 123 Å². The molecule has 0 radical (unpaired) electrons. The second kappa shape index (κ2) is 7.07. The zero-order valence-corrected chi connectivity index (χ0v) is 12.2. The van der Waals surface area contributed by atoms with Gasteiger partial charge in [-0.1, -0.05) is 19.1 Å². The maximum atomic E-state index is 13.3. The van der Waals surface area contributed by atoms with Crippen LogP contribution in [0.15, 0.2) is 42.5 Å². The average molecular weight is 291 g/mol. The zero-order valence-electron chi connectivity index (χ0n) is 12.2. The van der Waals surface area contributed by atoms with Crippen molar-refractivity contribution in [2.24, 2.45) is 0 Å². The van der Waals surface area contributed by atoms with E-state index in [-0.39, 0.29) is 6.04 Å². The van der Waals surface area contributed by atoms with Crippen molar-refractivity contribution < 1.29 is 13.5 Å². The number of rotatable bonds is 6. The number of hydrogen-bond donors (Lipinski definition) is 1. The van der Waals surface area contributed by atoms with Gasteiger partial charge in [-0.15, -0.1) is 0 Å². The van der Waals surface area contributed by atoms with Gasteiger partial charge in [-0.05, 0) is 43.2 Å². The van der Waals surface area contributed by atoms with Crippen molar-refractivity contribution in [2.75, 3.05) is 11.9 Å². The molecule has 4 heteroatoms. The van der Waals surface area contributed by atoms with E-state index in [4.69, 9.17) is 4.74 Å². The van der Waals surface area contributed by atoms with Gasteiger partial charge in [0.15, 0.2) is 0 Å². The van der Waals surface area contributed by atoms with Crippen LogP contribution in [0.2, 0.25) is 0 Å². The van der Waals surface area contributed by atoms with Crippen LogP contribution in [0.25, 0.3) is 0 Å². The van der Waals surface area contributed by atoms with Crippen LogP contribution in [0.3, 0.4) is 0 Å². The summed E-state index contributed by atoms with van der Waals surface area (Å²) in [6.07, 6.45) is 0.916. The molecule has 2 aromatic rings. The van der Waals surface area contributed by atoms with E-state index in [2.05, 4.69) is 5.32 Å². The van der Waals surface area contributed by atoms with Crippen LogP contribution >= 0.6 is 0 Å². The van der Waals surface area contributed by atoms with Gasteiger partial charge in [0, 0.05) is 12.1 Å². The van der Waals surface area contributed by atoms with Crippen LogP contribution in [0.1, 0.15) is 31.9 Å². The summed E-state index contributed by atoms with van der Waals surface area (Å²) in [6.45, 7) is 4.51. The third-order valence-corrected chi connectivity index (χ3v) is 3.11. The third-order valence-electron chi connectivity index (χ3n) is 3.11. The molecule has 0 amide bonds. The van der Waals surface area contributed by atoms with Crippen LogP contribution < -0.4 is 10.1 Å². The zero-order chi connectivity index (χ0) is 15.2. The van der Waals surface area contributed by atoms with E-state index in [1.807, 2.05) is 38.1 Å². The first-order chi connectivity index (χ1) is 10.1. The molecule has 2 aromatic carbocycles. The summed E-state index contributed by atoms with van der Waals surface area (Å²) in [5, 5.41) is 3.23. The highest BCUT2D eigenvalue weighted by atomic mass is 19.1. The molecule has 0 heterocycles. The highest BCUT2D eigenvalue weighted by Gasteiger charge is 2.11. The number of hydrogen-bond acceptors (Lipinski definition) is 2. The number of nitrogens with one attached hydrogen (secondary N) is 1. The summed E-state index contributed by atoms with van der Waals surface area (Å²) in [5.41, 5.74) is 1.36. The van der Waals surface area contributed by atoms with Gasteiger partial charge >= 0.3 is 0 Å². The number of benzene rings is 2. The topological polar surface area (TPSA) is 21.3 Å². The fourth-order valence-corrected chi connectivity index (χ4v) is 2.07. The van der Waals surface area contributed by atoms with Gasteiger partial charge in [0.05, 0.1) is 12.3 Å². The summed E-state index contributed by atoms with van der Waals surface area (Å²) in [4.78, 5) is 0. The summed E-state index contributed by atoms with van der Waals surface area (Å²) in [5.74, 6) is -0.411. The Bertz CT molecular complexity index is 581. The summed E-state index contributed by atoms with van der Waals surface area (Å²) < 4.78 is 32.2. The van der Waals surface area contributed by atoms with Gasteiger partial charge in [-0.2, -0.15) is 0 Å². The van der Waals surface area contributed by atoms with Crippen LogP contribution in [-0.4, -0.2) is 6.61 Å². The van der Waals surface area contributed by atoms with E-state index >= 15 is 0 Å². The first-order valence-electron chi connectivity index (χ1n) is 7.04. The Morgan fingerprint density at radius 1 is 1.10 bits per heavy atom. The molecule has 2 nitrogen and oxygen atoms in total. The minimum absolute atomic E-state index is 0.235. The molecule has 0 aliphatic carbocycles. The van der Waals surface area contributed by atoms with Crippen molar-refractivity contribution in [3.05, 3.63) is 59.7 Å². The largest absolute Gasteiger partial charge is 0.491 e. The first-order valence-corrected chi connectivity index (χ1v) is 7.04. The second-order valence-electron chi connectivity index (χ2n) is 4.91. The van der Waals surface area contributed by atoms with Gasteiger partial charge in [-0.3, -0.25) is 0 Å². The Morgan fingerprint density at radius 2 is 1.76 bits per heavy atom. The highest BCUT2D eigenvalue weighted by Crippen LogP contribution is 2.28. The SMILES string of the molecule is CCCOc1ccccc1NC(C)c1cc(F)cc(F)c1. The Hall–Kier alpha value is -2.10. The Balaban J connectivity index is 2.17. The molecule has 0 bridgehead atoms. The van der Waals surface area contributed by atoms with Crippen molar-refractivity contribution in [1.82, 2.24) is 0 Å². The van der Waals surface area contributed by atoms with Crippen molar-refractivity contribution in [3.8, 4) is 5.75 Å². The lowest BCUT2D eigenvalue weighted by molar-refractivity contribution is 0.318. The fourth-order valence-electron chi connectivity index (χ4n) is 2.07. The van der Waals surface area contributed by atoms with E-state index in [1.165, 1.54) is 12.1 Å². The predicted molar refractivity (Wildman–Crippen MR) is 80.6 cm³/mol. The van der Waals surface area contributed by atoms with Gasteiger partial charge in [-0.25, -0.2) is 8.78 Å². The lowest BCUT2D eigenvalue weighted by atomic mass is 10.1. The standard InChI is InChI=1S/C17H19F2NO/c1-3-8-21-17-7-5-4-6-16(17)20-12(2)13-9-14(18)11-15(19)10-13/h4-7,9-12,20H,3,8H2,1-2H3. The first kappa shape index (κ1) is 15.3. The van der Waals surface area contributed by atoms with E-state index in [1.54, 1.807) is 0 Å². The van der Waals surface area contributed by atoms with Crippen molar-refractivity contribution in [2.45, 2.75) is 26.3 Å². The number of halogens is 2.